The molecule has 0 bridgehead atoms. The summed E-state index contributed by atoms with van der Waals surface area (Å²) >= 11 is 9.33. The number of ether oxygens (including phenoxy) is 2. The summed E-state index contributed by atoms with van der Waals surface area (Å²) in [6, 6.07) is 19.1. The first-order valence-corrected chi connectivity index (χ1v) is 9.92. The molecule has 3 aromatic carbocycles. The molecular formula is C23H14BrClO4. The molecule has 0 atom stereocenters. The van der Waals surface area contributed by atoms with E-state index >= 15 is 0 Å². The van der Waals surface area contributed by atoms with Gasteiger partial charge in [-0.15, -0.1) is 0 Å². The van der Waals surface area contributed by atoms with Gasteiger partial charge < -0.3 is 9.47 Å². The Kier molecular flexibility index (Phi) is 5.51. The SMILES string of the molecule is O=C(COc1ccc2c(c1)O/C(=C\c1cccc(Cl)c1)C2=O)c1ccc(Br)cc1. The van der Waals surface area contributed by atoms with Gasteiger partial charge in [0.1, 0.15) is 11.5 Å². The van der Waals surface area contributed by atoms with Crippen molar-refractivity contribution in [2.24, 2.45) is 0 Å². The molecule has 29 heavy (non-hydrogen) atoms. The lowest BCUT2D eigenvalue weighted by molar-refractivity contribution is 0.0921. The summed E-state index contributed by atoms with van der Waals surface area (Å²) in [6.45, 7) is -0.112. The minimum atomic E-state index is -0.211. The third kappa shape index (κ3) is 4.42. The van der Waals surface area contributed by atoms with Crippen molar-refractivity contribution < 1.29 is 19.1 Å². The lowest BCUT2D eigenvalue weighted by Crippen LogP contribution is -2.11. The van der Waals surface area contributed by atoms with Crippen LogP contribution in [-0.4, -0.2) is 18.2 Å². The zero-order valence-electron chi connectivity index (χ0n) is 15.0. The molecule has 0 radical (unpaired) electrons. The smallest absolute Gasteiger partial charge is 0.231 e. The van der Waals surface area contributed by atoms with E-state index in [1.807, 2.05) is 6.07 Å². The van der Waals surface area contributed by atoms with Crippen molar-refractivity contribution in [2.45, 2.75) is 0 Å². The number of halogens is 2. The lowest BCUT2D eigenvalue weighted by atomic mass is 10.1. The summed E-state index contributed by atoms with van der Waals surface area (Å²) < 4.78 is 12.2. The number of Topliss-reactive ketones (excluding diaryl/α,β-unsaturated/α-hetero) is 2. The second-order valence-corrected chi connectivity index (χ2v) is 7.72. The Morgan fingerprint density at radius 3 is 2.62 bits per heavy atom. The summed E-state index contributed by atoms with van der Waals surface area (Å²) in [4.78, 5) is 24.8. The summed E-state index contributed by atoms with van der Waals surface area (Å²) in [6.07, 6.45) is 1.64. The predicted molar refractivity (Wildman–Crippen MR) is 115 cm³/mol. The maximum absolute atomic E-state index is 12.6. The number of hydrogen-bond donors (Lipinski definition) is 0. The standard InChI is InChI=1S/C23H14BrClO4/c24-16-6-4-15(5-7-16)20(26)13-28-18-8-9-19-21(12-18)29-22(23(19)27)11-14-2-1-3-17(25)10-14/h1-12H,13H2/b22-11-. The van der Waals surface area contributed by atoms with Crippen LogP contribution < -0.4 is 9.47 Å². The number of ketones is 2. The van der Waals surface area contributed by atoms with E-state index in [1.54, 1.807) is 66.7 Å². The molecule has 0 aromatic heterocycles. The van der Waals surface area contributed by atoms with Crippen LogP contribution in [0.3, 0.4) is 0 Å². The van der Waals surface area contributed by atoms with E-state index in [0.717, 1.165) is 10.0 Å². The minimum Gasteiger partial charge on any atom is -0.485 e. The Morgan fingerprint density at radius 2 is 1.86 bits per heavy atom. The zero-order chi connectivity index (χ0) is 20.4. The fraction of sp³-hybridized carbons (Fsp3) is 0.0435. The molecule has 1 aliphatic heterocycles. The third-order valence-corrected chi connectivity index (χ3v) is 5.09. The Hall–Kier alpha value is -2.89. The molecule has 0 unspecified atom stereocenters. The molecule has 4 rings (SSSR count). The fourth-order valence-electron chi connectivity index (χ4n) is 2.87. The van der Waals surface area contributed by atoms with E-state index in [0.29, 0.717) is 27.6 Å². The summed E-state index contributed by atoms with van der Waals surface area (Å²) in [5, 5.41) is 0.577. The van der Waals surface area contributed by atoms with Crippen LogP contribution in [0.5, 0.6) is 11.5 Å². The zero-order valence-corrected chi connectivity index (χ0v) is 17.4. The molecule has 144 valence electrons. The molecule has 3 aromatic rings. The number of allylic oxidation sites excluding steroid dienone is 1. The van der Waals surface area contributed by atoms with Gasteiger partial charge in [0.05, 0.1) is 5.56 Å². The van der Waals surface area contributed by atoms with Crippen LogP contribution in [0.2, 0.25) is 5.02 Å². The largest absolute Gasteiger partial charge is 0.485 e. The molecule has 0 amide bonds. The maximum atomic E-state index is 12.6. The maximum Gasteiger partial charge on any atom is 0.231 e. The highest BCUT2D eigenvalue weighted by molar-refractivity contribution is 9.10. The van der Waals surface area contributed by atoms with Gasteiger partial charge in [0.15, 0.2) is 18.1 Å². The van der Waals surface area contributed by atoms with Crippen molar-refractivity contribution in [3.05, 3.63) is 98.7 Å². The van der Waals surface area contributed by atoms with Gasteiger partial charge in [-0.3, -0.25) is 9.59 Å². The van der Waals surface area contributed by atoms with Gasteiger partial charge in [-0.2, -0.15) is 0 Å². The van der Waals surface area contributed by atoms with Crippen LogP contribution >= 0.6 is 27.5 Å². The van der Waals surface area contributed by atoms with E-state index in [1.165, 1.54) is 0 Å². The van der Waals surface area contributed by atoms with Crippen molar-refractivity contribution in [1.29, 1.82) is 0 Å². The average molecular weight is 470 g/mol. The number of rotatable bonds is 5. The fourth-order valence-corrected chi connectivity index (χ4v) is 3.34. The average Bonchev–Trinajstić information content (AvgIpc) is 3.01. The molecular weight excluding hydrogens is 456 g/mol. The topological polar surface area (TPSA) is 52.6 Å². The summed E-state index contributed by atoms with van der Waals surface area (Å²) in [5.41, 5.74) is 1.78. The number of carbonyl (C=O) groups is 2. The van der Waals surface area contributed by atoms with E-state index in [-0.39, 0.29) is 23.9 Å². The van der Waals surface area contributed by atoms with Gasteiger partial charge in [0.2, 0.25) is 5.78 Å². The third-order valence-electron chi connectivity index (χ3n) is 4.32. The molecule has 0 aliphatic carbocycles. The van der Waals surface area contributed by atoms with Crippen LogP contribution in [0.25, 0.3) is 6.08 Å². The Labute approximate surface area is 180 Å². The predicted octanol–water partition coefficient (Wildman–Crippen LogP) is 5.98. The lowest BCUT2D eigenvalue weighted by Gasteiger charge is -2.07. The quantitative estimate of drug-likeness (QED) is 0.341. The monoisotopic (exact) mass is 468 g/mol. The molecule has 0 spiro atoms. The molecule has 0 saturated carbocycles. The molecule has 4 nitrogen and oxygen atoms in total. The van der Waals surface area contributed by atoms with Crippen LogP contribution in [0.15, 0.2) is 77.0 Å². The highest BCUT2D eigenvalue weighted by atomic mass is 79.9. The van der Waals surface area contributed by atoms with Gasteiger partial charge in [0.25, 0.3) is 0 Å². The van der Waals surface area contributed by atoms with Gasteiger partial charge in [0, 0.05) is 21.1 Å². The molecule has 0 saturated heterocycles. The van der Waals surface area contributed by atoms with Crippen molar-refractivity contribution in [1.82, 2.24) is 0 Å². The second kappa shape index (κ2) is 8.23. The van der Waals surface area contributed by atoms with Crippen LogP contribution in [0.1, 0.15) is 26.3 Å². The van der Waals surface area contributed by atoms with Crippen molar-refractivity contribution in [2.75, 3.05) is 6.61 Å². The van der Waals surface area contributed by atoms with Gasteiger partial charge in [-0.05, 0) is 48.0 Å². The van der Waals surface area contributed by atoms with Crippen molar-refractivity contribution in [3.8, 4) is 11.5 Å². The van der Waals surface area contributed by atoms with Crippen LogP contribution in [-0.2, 0) is 0 Å². The Balaban J connectivity index is 1.47. The normalized spacial score (nSPS) is 13.9. The van der Waals surface area contributed by atoms with E-state index < -0.39 is 0 Å². The first-order valence-electron chi connectivity index (χ1n) is 8.75. The van der Waals surface area contributed by atoms with Gasteiger partial charge in [-0.1, -0.05) is 51.8 Å². The van der Waals surface area contributed by atoms with E-state index in [4.69, 9.17) is 21.1 Å². The molecule has 0 N–H and O–H groups in total. The second-order valence-electron chi connectivity index (χ2n) is 6.37. The Bertz CT molecular complexity index is 1140. The number of hydrogen-bond acceptors (Lipinski definition) is 4. The highest BCUT2D eigenvalue weighted by Gasteiger charge is 2.27. The summed E-state index contributed by atoms with van der Waals surface area (Å²) in [5.74, 6) is 0.710. The number of benzene rings is 3. The molecule has 6 heteroatoms. The molecule has 1 aliphatic rings. The molecule has 0 fully saturated rings. The van der Waals surface area contributed by atoms with E-state index in [2.05, 4.69) is 15.9 Å². The number of fused-ring (bicyclic) bond motifs is 1. The summed E-state index contributed by atoms with van der Waals surface area (Å²) in [7, 11) is 0. The first kappa shape index (κ1) is 19.4. The number of carbonyl (C=O) groups excluding carboxylic acids is 2. The van der Waals surface area contributed by atoms with Crippen LogP contribution in [0, 0.1) is 0 Å². The highest BCUT2D eigenvalue weighted by Crippen LogP contribution is 2.35. The van der Waals surface area contributed by atoms with Crippen molar-refractivity contribution >= 4 is 45.2 Å². The molecule has 1 heterocycles. The van der Waals surface area contributed by atoms with Gasteiger partial charge in [-0.25, -0.2) is 0 Å². The minimum absolute atomic E-state index is 0.112. The van der Waals surface area contributed by atoms with Crippen LogP contribution in [0.4, 0.5) is 0 Å². The van der Waals surface area contributed by atoms with E-state index in [9.17, 15) is 9.59 Å². The van der Waals surface area contributed by atoms with Gasteiger partial charge >= 0.3 is 0 Å². The van der Waals surface area contributed by atoms with Crippen molar-refractivity contribution in [3.63, 3.8) is 0 Å². The first-order chi connectivity index (χ1) is 14.0. The Morgan fingerprint density at radius 1 is 1.07 bits per heavy atom.